The summed E-state index contributed by atoms with van der Waals surface area (Å²) in [6.07, 6.45) is 6.47. The van der Waals surface area contributed by atoms with Crippen molar-refractivity contribution < 1.29 is 0 Å². The lowest BCUT2D eigenvalue weighted by atomic mass is 9.95. The Morgan fingerprint density at radius 3 is 2.38 bits per heavy atom. The van der Waals surface area contributed by atoms with Crippen molar-refractivity contribution in [2.45, 2.75) is 51.1 Å². The normalized spacial score (nSPS) is 15.8. The van der Waals surface area contributed by atoms with Gasteiger partial charge in [0, 0.05) is 6.04 Å². The van der Waals surface area contributed by atoms with Crippen molar-refractivity contribution in [2.24, 2.45) is 0 Å². The quantitative estimate of drug-likeness (QED) is 0.435. The van der Waals surface area contributed by atoms with E-state index in [2.05, 4.69) is 4.98 Å². The molecule has 2 aromatic carbocycles. The summed E-state index contributed by atoms with van der Waals surface area (Å²) in [6, 6.07) is 16.9. The molecule has 2 aromatic heterocycles. The molecule has 0 unspecified atom stereocenters. The molecule has 6 nitrogen and oxygen atoms in total. The van der Waals surface area contributed by atoms with E-state index in [1.54, 1.807) is 18.5 Å². The van der Waals surface area contributed by atoms with Gasteiger partial charge in [-0.3, -0.25) is 9.36 Å². The van der Waals surface area contributed by atoms with Crippen LogP contribution in [0, 0.1) is 0 Å². The van der Waals surface area contributed by atoms with E-state index in [0.717, 1.165) is 37.7 Å². The molecule has 1 aliphatic carbocycles. The highest BCUT2D eigenvalue weighted by atomic mass is 35.5. The Balaban J connectivity index is 1.83. The molecule has 0 amide bonds. The number of rotatable bonds is 4. The topological polar surface area (TPSA) is 61.8 Å². The zero-order valence-corrected chi connectivity index (χ0v) is 18.7. The van der Waals surface area contributed by atoms with E-state index in [0.29, 0.717) is 21.9 Å². The molecule has 1 atom stereocenters. The minimum atomic E-state index is -0.375. The Labute approximate surface area is 190 Å². The second-order valence-corrected chi connectivity index (χ2v) is 8.85. The molecule has 1 saturated carbocycles. The summed E-state index contributed by atoms with van der Waals surface area (Å²) in [5.41, 5.74) is 1.70. The number of benzene rings is 2. The average molecular weight is 449 g/mol. The lowest BCUT2D eigenvalue weighted by molar-refractivity contribution is 0.335. The van der Waals surface area contributed by atoms with E-state index in [1.165, 1.54) is 9.13 Å². The summed E-state index contributed by atoms with van der Waals surface area (Å²) >= 11 is 6.49. The fourth-order valence-corrected chi connectivity index (χ4v) is 5.04. The highest BCUT2D eigenvalue weighted by Gasteiger charge is 2.27. The summed E-state index contributed by atoms with van der Waals surface area (Å²) in [5.74, 6) is 0. The van der Waals surface area contributed by atoms with Gasteiger partial charge in [0.15, 0.2) is 11.2 Å². The number of hydrogen-bond donors (Lipinski definition) is 0. The van der Waals surface area contributed by atoms with E-state index in [9.17, 15) is 9.59 Å². The van der Waals surface area contributed by atoms with Crippen LogP contribution in [0.15, 0.2) is 70.5 Å². The van der Waals surface area contributed by atoms with Gasteiger partial charge >= 0.3 is 5.69 Å². The SMILES string of the molecule is C[C@H](c1ccccc1)n1cnc2c1c(=O)n(C1CCCCC1)c(=O)n2-c1ccccc1Cl. The molecule has 1 aliphatic rings. The monoisotopic (exact) mass is 448 g/mol. The molecule has 0 radical (unpaired) electrons. The van der Waals surface area contributed by atoms with E-state index < -0.39 is 0 Å². The van der Waals surface area contributed by atoms with Crippen LogP contribution in [-0.2, 0) is 0 Å². The maximum atomic E-state index is 13.8. The van der Waals surface area contributed by atoms with Crippen molar-refractivity contribution in [2.75, 3.05) is 0 Å². The fourth-order valence-electron chi connectivity index (χ4n) is 4.82. The zero-order chi connectivity index (χ0) is 22.2. The smallest absolute Gasteiger partial charge is 0.317 e. The average Bonchev–Trinajstić information content (AvgIpc) is 3.26. The first-order valence-corrected chi connectivity index (χ1v) is 11.5. The van der Waals surface area contributed by atoms with Crippen LogP contribution in [0.25, 0.3) is 16.9 Å². The van der Waals surface area contributed by atoms with E-state index in [-0.39, 0.29) is 23.3 Å². The fraction of sp³-hybridized carbons (Fsp3) is 0.320. The van der Waals surface area contributed by atoms with Gasteiger partial charge in [0.05, 0.1) is 23.1 Å². The summed E-state index contributed by atoms with van der Waals surface area (Å²) in [6.45, 7) is 2.03. The number of halogens is 1. The predicted molar refractivity (Wildman–Crippen MR) is 127 cm³/mol. The van der Waals surface area contributed by atoms with Gasteiger partial charge in [-0.25, -0.2) is 14.3 Å². The molecule has 7 heteroatoms. The summed E-state index contributed by atoms with van der Waals surface area (Å²) in [7, 11) is 0. The van der Waals surface area contributed by atoms with Crippen molar-refractivity contribution in [3.63, 3.8) is 0 Å². The molecule has 1 fully saturated rings. The van der Waals surface area contributed by atoms with Crippen LogP contribution in [0.2, 0.25) is 5.02 Å². The highest BCUT2D eigenvalue weighted by Crippen LogP contribution is 2.28. The third-order valence-corrected chi connectivity index (χ3v) is 6.86. The van der Waals surface area contributed by atoms with Crippen molar-refractivity contribution in [3.05, 3.63) is 92.3 Å². The maximum Gasteiger partial charge on any atom is 0.337 e. The minimum absolute atomic E-state index is 0.114. The van der Waals surface area contributed by atoms with E-state index in [4.69, 9.17) is 11.6 Å². The largest absolute Gasteiger partial charge is 0.337 e. The van der Waals surface area contributed by atoms with Crippen molar-refractivity contribution in [3.8, 4) is 5.69 Å². The van der Waals surface area contributed by atoms with Gasteiger partial charge in [-0.1, -0.05) is 73.3 Å². The number of hydrogen-bond acceptors (Lipinski definition) is 3. The van der Waals surface area contributed by atoms with Crippen LogP contribution in [0.3, 0.4) is 0 Å². The molecule has 4 aromatic rings. The van der Waals surface area contributed by atoms with Gasteiger partial charge in [0.1, 0.15) is 0 Å². The molecule has 0 aliphatic heterocycles. The number of para-hydroxylation sites is 1. The Bertz CT molecular complexity index is 1380. The van der Waals surface area contributed by atoms with Crippen molar-refractivity contribution in [1.82, 2.24) is 18.7 Å². The standard InChI is InChI=1S/C25H25ClN4O2/c1-17(18-10-4-2-5-11-18)28-16-27-23-22(28)24(31)29(19-12-6-3-7-13-19)25(32)30(23)21-15-9-8-14-20(21)26/h2,4-5,8-11,14-17,19H,3,6-7,12-13H2,1H3/t17-/m1/s1. The Morgan fingerprint density at radius 1 is 0.969 bits per heavy atom. The molecule has 0 saturated heterocycles. The van der Waals surface area contributed by atoms with Crippen LogP contribution >= 0.6 is 11.6 Å². The first-order chi connectivity index (χ1) is 15.6. The Morgan fingerprint density at radius 2 is 1.66 bits per heavy atom. The molecule has 0 spiro atoms. The van der Waals surface area contributed by atoms with E-state index >= 15 is 0 Å². The van der Waals surface area contributed by atoms with Gasteiger partial charge in [-0.2, -0.15) is 0 Å². The first kappa shape index (κ1) is 20.8. The van der Waals surface area contributed by atoms with Gasteiger partial charge in [-0.05, 0) is 37.5 Å². The Hall–Kier alpha value is -3.12. The second-order valence-electron chi connectivity index (χ2n) is 8.45. The Kier molecular flexibility index (Phi) is 5.47. The lowest BCUT2D eigenvalue weighted by Crippen LogP contribution is -2.43. The molecule has 164 valence electrons. The van der Waals surface area contributed by atoms with Crippen molar-refractivity contribution >= 4 is 22.8 Å². The van der Waals surface area contributed by atoms with Crippen LogP contribution < -0.4 is 11.2 Å². The van der Waals surface area contributed by atoms with Gasteiger partial charge in [0.25, 0.3) is 5.56 Å². The molecule has 32 heavy (non-hydrogen) atoms. The number of nitrogens with zero attached hydrogens (tertiary/aromatic N) is 4. The highest BCUT2D eigenvalue weighted by molar-refractivity contribution is 6.32. The van der Waals surface area contributed by atoms with E-state index in [1.807, 2.05) is 54.0 Å². The van der Waals surface area contributed by atoms with Crippen LogP contribution in [-0.4, -0.2) is 18.7 Å². The first-order valence-electron chi connectivity index (χ1n) is 11.1. The number of fused-ring (bicyclic) bond motifs is 1. The molecular formula is C25H25ClN4O2. The predicted octanol–water partition coefficient (Wildman–Crippen LogP) is 5.12. The van der Waals surface area contributed by atoms with Crippen LogP contribution in [0.5, 0.6) is 0 Å². The summed E-state index contributed by atoms with van der Waals surface area (Å²) in [4.78, 5) is 32.1. The van der Waals surface area contributed by atoms with Crippen molar-refractivity contribution in [1.29, 1.82) is 0 Å². The number of aromatic nitrogens is 4. The minimum Gasteiger partial charge on any atom is -0.317 e. The second kappa shape index (κ2) is 8.43. The summed E-state index contributed by atoms with van der Waals surface area (Å²) < 4.78 is 4.82. The van der Waals surface area contributed by atoms with Crippen LogP contribution in [0.4, 0.5) is 0 Å². The third kappa shape index (κ3) is 3.39. The van der Waals surface area contributed by atoms with Gasteiger partial charge < -0.3 is 4.57 Å². The van der Waals surface area contributed by atoms with Gasteiger partial charge in [-0.15, -0.1) is 0 Å². The number of imidazole rings is 1. The third-order valence-electron chi connectivity index (χ3n) is 6.54. The van der Waals surface area contributed by atoms with Gasteiger partial charge in [0.2, 0.25) is 0 Å². The molecular weight excluding hydrogens is 424 g/mol. The molecule has 0 N–H and O–H groups in total. The lowest BCUT2D eigenvalue weighted by Gasteiger charge is -2.25. The molecule has 5 rings (SSSR count). The maximum absolute atomic E-state index is 13.8. The summed E-state index contributed by atoms with van der Waals surface area (Å²) in [5, 5.41) is 0.440. The molecule has 2 heterocycles. The zero-order valence-electron chi connectivity index (χ0n) is 17.9. The van der Waals surface area contributed by atoms with Crippen LogP contribution in [0.1, 0.15) is 56.7 Å². The molecule has 0 bridgehead atoms.